The van der Waals surface area contributed by atoms with Crippen LogP contribution in [0, 0.1) is 27.2 Å². The van der Waals surface area contributed by atoms with Gasteiger partial charge < -0.3 is 15.2 Å². The maximum atomic E-state index is 11.9. The van der Waals surface area contributed by atoms with Crippen molar-refractivity contribution < 1.29 is 9.85 Å². The lowest BCUT2D eigenvalue weighted by Crippen LogP contribution is -2.18. The average molecular weight is 657 g/mol. The summed E-state index contributed by atoms with van der Waals surface area (Å²) in [6, 6.07) is 31.0. The molecular formula is C33H30BrN5O5. The van der Waals surface area contributed by atoms with Crippen molar-refractivity contribution in [3.8, 4) is 11.1 Å². The molecule has 0 atom stereocenters. The summed E-state index contributed by atoms with van der Waals surface area (Å²) in [6.45, 7) is 2.79. The fourth-order valence-corrected chi connectivity index (χ4v) is 4.81. The minimum absolute atomic E-state index is 0.0197. The van der Waals surface area contributed by atoms with E-state index in [1.54, 1.807) is 50.5 Å². The molecule has 0 bridgehead atoms. The van der Waals surface area contributed by atoms with Crippen LogP contribution in [0.3, 0.4) is 0 Å². The lowest BCUT2D eigenvalue weighted by Gasteiger charge is -2.11. The lowest BCUT2D eigenvalue weighted by atomic mass is 10.0. The highest BCUT2D eigenvalue weighted by Crippen LogP contribution is 2.31. The molecule has 5 rings (SSSR count). The Morgan fingerprint density at radius 1 is 0.705 bits per heavy atom. The molecule has 0 aliphatic rings. The first-order valence-corrected chi connectivity index (χ1v) is 14.4. The molecule has 0 unspecified atom stereocenters. The van der Waals surface area contributed by atoms with Crippen LogP contribution in [0.2, 0.25) is 0 Å². The molecule has 11 heteroatoms. The molecule has 224 valence electrons. The monoisotopic (exact) mass is 655 g/mol. The first kappa shape index (κ1) is 31.6. The van der Waals surface area contributed by atoms with E-state index < -0.39 is 4.92 Å². The first-order chi connectivity index (χ1) is 21.1. The van der Waals surface area contributed by atoms with Gasteiger partial charge in [0.05, 0.1) is 9.85 Å². The van der Waals surface area contributed by atoms with Gasteiger partial charge in [-0.3, -0.25) is 25.0 Å². The highest BCUT2D eigenvalue weighted by atomic mass is 79.9. The SMILES string of the molecule is Cc1cc(-c2ccc([N+](=O)[O-])c(NCc3ccccc3)c2)cn(C)c1=O.O=[N+]([O-])c1ccc(Br)cc1NCc1ccccc1. The second-order valence-corrected chi connectivity index (χ2v) is 10.8. The van der Waals surface area contributed by atoms with Gasteiger partial charge in [-0.05, 0) is 59.5 Å². The molecule has 0 saturated carbocycles. The van der Waals surface area contributed by atoms with Crippen LogP contribution in [0.25, 0.3) is 11.1 Å². The lowest BCUT2D eigenvalue weighted by molar-refractivity contribution is -0.384. The van der Waals surface area contributed by atoms with Crippen molar-refractivity contribution in [2.75, 3.05) is 10.6 Å². The smallest absolute Gasteiger partial charge is 0.292 e. The van der Waals surface area contributed by atoms with E-state index in [0.717, 1.165) is 26.7 Å². The largest absolute Gasteiger partial charge is 0.375 e. The van der Waals surface area contributed by atoms with E-state index in [1.165, 1.54) is 16.7 Å². The van der Waals surface area contributed by atoms with Gasteiger partial charge in [0.1, 0.15) is 11.4 Å². The fraction of sp³-hybridized carbons (Fsp3) is 0.121. The number of nitro groups is 2. The molecule has 0 amide bonds. The second-order valence-electron chi connectivity index (χ2n) is 9.91. The topological polar surface area (TPSA) is 132 Å². The Labute approximate surface area is 262 Å². The van der Waals surface area contributed by atoms with E-state index in [1.807, 2.05) is 60.7 Å². The summed E-state index contributed by atoms with van der Waals surface area (Å²) in [5.74, 6) is 0. The van der Waals surface area contributed by atoms with E-state index in [0.29, 0.717) is 30.0 Å². The van der Waals surface area contributed by atoms with Crippen molar-refractivity contribution in [1.29, 1.82) is 0 Å². The number of halogens is 1. The van der Waals surface area contributed by atoms with E-state index in [9.17, 15) is 25.0 Å². The number of nitro benzene ring substituents is 2. The van der Waals surface area contributed by atoms with Crippen LogP contribution in [0.15, 0.2) is 119 Å². The zero-order valence-corrected chi connectivity index (χ0v) is 25.7. The molecule has 4 aromatic carbocycles. The highest BCUT2D eigenvalue weighted by Gasteiger charge is 2.16. The highest BCUT2D eigenvalue weighted by molar-refractivity contribution is 9.10. The predicted molar refractivity (Wildman–Crippen MR) is 177 cm³/mol. The van der Waals surface area contributed by atoms with Crippen molar-refractivity contribution >= 4 is 38.7 Å². The summed E-state index contributed by atoms with van der Waals surface area (Å²) in [7, 11) is 1.69. The summed E-state index contributed by atoms with van der Waals surface area (Å²) in [4.78, 5) is 33.3. The van der Waals surface area contributed by atoms with Gasteiger partial charge in [-0.2, -0.15) is 0 Å². The summed E-state index contributed by atoms with van der Waals surface area (Å²) >= 11 is 3.31. The Morgan fingerprint density at radius 3 is 1.70 bits per heavy atom. The first-order valence-electron chi connectivity index (χ1n) is 13.6. The third-order valence-corrected chi connectivity index (χ3v) is 7.19. The standard InChI is InChI=1S/C20H19N3O3.C13H11BrN2O2/c1-14-10-17(13-22(2)20(14)24)16-8-9-19(23(25)26)18(11-16)21-12-15-6-4-3-5-7-15;14-11-6-7-13(16(17)18)12(8-11)15-9-10-4-2-1-3-5-10/h3-11,13,21H,12H2,1-2H3;1-8,15H,9H2. The van der Waals surface area contributed by atoms with Gasteiger partial charge in [0.15, 0.2) is 0 Å². The van der Waals surface area contributed by atoms with Crippen LogP contribution in [-0.2, 0) is 20.1 Å². The van der Waals surface area contributed by atoms with Gasteiger partial charge in [-0.25, -0.2) is 0 Å². The number of aryl methyl sites for hydroxylation is 2. The minimum atomic E-state index is -0.400. The Morgan fingerprint density at radius 2 is 1.20 bits per heavy atom. The summed E-state index contributed by atoms with van der Waals surface area (Å²) in [5.41, 5.74) is 5.38. The van der Waals surface area contributed by atoms with Crippen molar-refractivity contribution in [3.05, 3.63) is 161 Å². The van der Waals surface area contributed by atoms with Gasteiger partial charge in [0, 0.05) is 48.5 Å². The van der Waals surface area contributed by atoms with E-state index in [2.05, 4.69) is 26.6 Å². The number of hydrogen-bond donors (Lipinski definition) is 2. The maximum Gasteiger partial charge on any atom is 0.292 e. The molecule has 0 radical (unpaired) electrons. The maximum absolute atomic E-state index is 11.9. The zero-order chi connectivity index (χ0) is 31.6. The van der Waals surface area contributed by atoms with Gasteiger partial charge in [0.2, 0.25) is 0 Å². The molecule has 0 fully saturated rings. The summed E-state index contributed by atoms with van der Waals surface area (Å²) in [5, 5.41) is 28.5. The van der Waals surface area contributed by atoms with Crippen LogP contribution >= 0.6 is 15.9 Å². The van der Waals surface area contributed by atoms with Crippen molar-refractivity contribution in [3.63, 3.8) is 0 Å². The zero-order valence-electron chi connectivity index (χ0n) is 24.1. The van der Waals surface area contributed by atoms with E-state index in [-0.39, 0.29) is 21.9 Å². The average Bonchev–Trinajstić information content (AvgIpc) is 3.02. The number of rotatable bonds is 9. The van der Waals surface area contributed by atoms with Crippen molar-refractivity contribution in [2.24, 2.45) is 7.05 Å². The second kappa shape index (κ2) is 14.7. The molecule has 0 saturated heterocycles. The minimum Gasteiger partial charge on any atom is -0.375 e. The summed E-state index contributed by atoms with van der Waals surface area (Å²) < 4.78 is 2.33. The predicted octanol–water partition coefficient (Wildman–Crippen LogP) is 7.85. The molecule has 1 heterocycles. The molecule has 5 aromatic rings. The molecule has 0 aliphatic carbocycles. The quantitative estimate of drug-likeness (QED) is 0.122. The molecule has 10 nitrogen and oxygen atoms in total. The molecule has 2 N–H and O–H groups in total. The molecular weight excluding hydrogens is 626 g/mol. The van der Waals surface area contributed by atoms with Gasteiger partial charge in [0.25, 0.3) is 16.9 Å². The number of nitrogens with one attached hydrogen (secondary N) is 2. The van der Waals surface area contributed by atoms with Gasteiger partial charge in [-0.1, -0.05) is 76.6 Å². The number of nitrogens with zero attached hydrogens (tertiary/aromatic N) is 3. The summed E-state index contributed by atoms with van der Waals surface area (Å²) in [6.07, 6.45) is 1.73. The van der Waals surface area contributed by atoms with Crippen LogP contribution in [-0.4, -0.2) is 14.4 Å². The molecule has 1 aromatic heterocycles. The Balaban J connectivity index is 0.000000215. The Bertz CT molecular complexity index is 1800. The van der Waals surface area contributed by atoms with E-state index in [4.69, 9.17) is 0 Å². The van der Waals surface area contributed by atoms with Gasteiger partial charge >= 0.3 is 0 Å². The normalized spacial score (nSPS) is 10.3. The third kappa shape index (κ3) is 8.39. The number of pyridine rings is 1. The number of hydrogen-bond acceptors (Lipinski definition) is 7. The Kier molecular flexibility index (Phi) is 10.6. The van der Waals surface area contributed by atoms with Crippen LogP contribution < -0.4 is 16.2 Å². The fourth-order valence-electron chi connectivity index (χ4n) is 4.45. The number of anilines is 2. The molecule has 0 spiro atoms. The van der Waals surface area contributed by atoms with Gasteiger partial charge in [-0.15, -0.1) is 0 Å². The van der Waals surface area contributed by atoms with Crippen LogP contribution in [0.4, 0.5) is 22.7 Å². The van der Waals surface area contributed by atoms with Crippen LogP contribution in [0.5, 0.6) is 0 Å². The van der Waals surface area contributed by atoms with Crippen molar-refractivity contribution in [1.82, 2.24) is 4.57 Å². The van der Waals surface area contributed by atoms with Crippen molar-refractivity contribution in [2.45, 2.75) is 20.0 Å². The number of aromatic nitrogens is 1. The Hall–Kier alpha value is -5.29. The van der Waals surface area contributed by atoms with E-state index >= 15 is 0 Å². The van der Waals surface area contributed by atoms with Crippen LogP contribution in [0.1, 0.15) is 16.7 Å². The third-order valence-electron chi connectivity index (χ3n) is 6.70. The molecule has 0 aliphatic heterocycles. The molecule has 44 heavy (non-hydrogen) atoms. The number of benzene rings is 4.